The third-order valence-electron chi connectivity index (χ3n) is 5.35. The van der Waals surface area contributed by atoms with Gasteiger partial charge in [0.15, 0.2) is 0 Å². The Balaban J connectivity index is -0.000000105. The van der Waals surface area contributed by atoms with Crippen molar-refractivity contribution in [3.8, 4) is 0 Å². The Kier molecular flexibility index (Phi) is 64.9. The second-order valence-electron chi connectivity index (χ2n) is 10.6. The molecule has 0 aliphatic heterocycles. The molecule has 0 saturated heterocycles. The molecule has 0 heterocycles. The van der Waals surface area contributed by atoms with Crippen LogP contribution in [-0.2, 0) is 42.8 Å². The first-order chi connectivity index (χ1) is 21.8. The van der Waals surface area contributed by atoms with Crippen molar-refractivity contribution >= 4 is 19.1 Å². The molecule has 0 spiro atoms. The number of aldehydes is 1. The average Bonchev–Trinajstić information content (AvgIpc) is 3.02. The quantitative estimate of drug-likeness (QED) is 0.104. The number of carbonyl (C=O) groups excluding carboxylic acids is 3. The van der Waals surface area contributed by atoms with Crippen molar-refractivity contribution in [1.82, 2.24) is 10.6 Å². The van der Waals surface area contributed by atoms with Crippen LogP contribution in [0.1, 0.15) is 67.2 Å². The molecule has 0 aromatic rings. The molecular formula is C32H75N5O9. The summed E-state index contributed by atoms with van der Waals surface area (Å²) in [4.78, 5) is 29.5. The smallest absolute Gasteiger partial charge is 0.207 e. The van der Waals surface area contributed by atoms with E-state index >= 15 is 0 Å². The van der Waals surface area contributed by atoms with Crippen LogP contribution in [0.4, 0.5) is 0 Å². The Morgan fingerprint density at radius 1 is 0.609 bits per heavy atom. The summed E-state index contributed by atoms with van der Waals surface area (Å²) in [6, 6.07) is 0.699. The lowest BCUT2D eigenvalue weighted by Gasteiger charge is -2.10. The molecule has 46 heavy (non-hydrogen) atoms. The van der Waals surface area contributed by atoms with E-state index in [1.54, 1.807) is 42.7 Å². The zero-order chi connectivity index (χ0) is 37.0. The van der Waals surface area contributed by atoms with Gasteiger partial charge in [-0.25, -0.2) is 0 Å². The van der Waals surface area contributed by atoms with E-state index in [1.807, 2.05) is 27.7 Å². The lowest BCUT2D eigenvalue weighted by Crippen LogP contribution is -2.31. The van der Waals surface area contributed by atoms with E-state index in [4.69, 9.17) is 40.9 Å². The van der Waals surface area contributed by atoms with Gasteiger partial charge in [0, 0.05) is 80.4 Å². The van der Waals surface area contributed by atoms with Crippen molar-refractivity contribution < 1.29 is 42.8 Å². The topological polar surface area (TPSA) is 209 Å². The van der Waals surface area contributed by atoms with Crippen LogP contribution in [0.25, 0.3) is 0 Å². The molecule has 6 unspecified atom stereocenters. The molecule has 0 saturated carbocycles. The predicted octanol–water partition coefficient (Wildman–Crippen LogP) is 1.75. The van der Waals surface area contributed by atoms with Gasteiger partial charge in [-0.05, 0) is 51.5 Å². The van der Waals surface area contributed by atoms with E-state index in [0.29, 0.717) is 64.0 Å². The van der Waals surface area contributed by atoms with E-state index in [9.17, 15) is 14.4 Å². The maximum atomic E-state index is 9.88. The first-order valence-electron chi connectivity index (χ1n) is 15.8. The highest BCUT2D eigenvalue weighted by molar-refractivity contribution is 5.49. The SMILES string of the molecule is CCC(COC)NC=O.CCC(N)COC.COCC(C)CCC=O.COCC(C)CN.COCC(C)N.COCC(C)NC=O. The van der Waals surface area contributed by atoms with Gasteiger partial charge in [-0.3, -0.25) is 9.59 Å². The number of hydrogen-bond donors (Lipinski definition) is 5. The molecule has 0 aromatic carbocycles. The number of carbonyl (C=O) groups is 3. The van der Waals surface area contributed by atoms with Gasteiger partial charge in [-0.2, -0.15) is 0 Å². The maximum Gasteiger partial charge on any atom is 0.207 e. The fraction of sp³-hybridized carbons (Fsp3) is 0.906. The summed E-state index contributed by atoms with van der Waals surface area (Å²) in [5, 5.41) is 5.17. The summed E-state index contributed by atoms with van der Waals surface area (Å²) >= 11 is 0. The fourth-order valence-electron chi connectivity index (χ4n) is 2.66. The van der Waals surface area contributed by atoms with Crippen molar-refractivity contribution in [1.29, 1.82) is 0 Å². The van der Waals surface area contributed by atoms with E-state index in [0.717, 1.165) is 38.8 Å². The van der Waals surface area contributed by atoms with Crippen LogP contribution in [0.5, 0.6) is 0 Å². The molecule has 0 radical (unpaired) electrons. The summed E-state index contributed by atoms with van der Waals surface area (Å²) in [6.07, 6.45) is 5.82. The highest BCUT2D eigenvalue weighted by Gasteiger charge is 2.01. The van der Waals surface area contributed by atoms with Crippen LogP contribution in [-0.4, -0.2) is 132 Å². The van der Waals surface area contributed by atoms with Crippen molar-refractivity contribution in [2.24, 2.45) is 29.0 Å². The number of hydrogen-bond acceptors (Lipinski definition) is 12. The number of amides is 2. The van der Waals surface area contributed by atoms with E-state index in [2.05, 4.69) is 29.2 Å². The third-order valence-corrected chi connectivity index (χ3v) is 5.35. The summed E-state index contributed by atoms with van der Waals surface area (Å²) in [6.45, 7) is 16.7. The summed E-state index contributed by atoms with van der Waals surface area (Å²) in [7, 11) is 9.89. The molecule has 0 aromatic heterocycles. The summed E-state index contributed by atoms with van der Waals surface area (Å²) in [5.74, 6) is 1.02. The van der Waals surface area contributed by atoms with Gasteiger partial charge < -0.3 is 61.1 Å². The van der Waals surface area contributed by atoms with Crippen molar-refractivity contribution in [2.75, 3.05) is 88.8 Å². The van der Waals surface area contributed by atoms with Crippen molar-refractivity contribution in [3.05, 3.63) is 0 Å². The zero-order valence-corrected chi connectivity index (χ0v) is 31.4. The first kappa shape index (κ1) is 56.6. The Morgan fingerprint density at radius 2 is 1.07 bits per heavy atom. The van der Waals surface area contributed by atoms with Gasteiger partial charge >= 0.3 is 0 Å². The molecule has 0 fully saturated rings. The van der Waals surface area contributed by atoms with E-state index in [1.165, 1.54) is 0 Å². The monoisotopic (exact) mass is 674 g/mol. The molecule has 6 atom stereocenters. The highest BCUT2D eigenvalue weighted by atomic mass is 16.5. The van der Waals surface area contributed by atoms with Gasteiger partial charge in [0.2, 0.25) is 12.8 Å². The Hall–Kier alpha value is -1.75. The van der Waals surface area contributed by atoms with Crippen LogP contribution >= 0.6 is 0 Å². The highest BCUT2D eigenvalue weighted by Crippen LogP contribution is 2.02. The van der Waals surface area contributed by atoms with Gasteiger partial charge in [-0.15, -0.1) is 0 Å². The second kappa shape index (κ2) is 52.8. The van der Waals surface area contributed by atoms with Crippen LogP contribution in [0, 0.1) is 11.8 Å². The number of ether oxygens (including phenoxy) is 6. The Bertz CT molecular complexity index is 542. The summed E-state index contributed by atoms with van der Waals surface area (Å²) < 4.78 is 28.7. The molecule has 0 aliphatic rings. The number of nitrogens with one attached hydrogen (secondary N) is 2. The molecule has 0 bridgehead atoms. The first-order valence-corrected chi connectivity index (χ1v) is 15.8. The Morgan fingerprint density at radius 3 is 1.33 bits per heavy atom. The van der Waals surface area contributed by atoms with E-state index < -0.39 is 0 Å². The second-order valence-corrected chi connectivity index (χ2v) is 10.6. The molecule has 8 N–H and O–H groups in total. The average molecular weight is 674 g/mol. The normalized spacial score (nSPS) is 13.5. The third kappa shape index (κ3) is 69.1. The minimum absolute atomic E-state index is 0.123. The maximum absolute atomic E-state index is 9.88. The molecule has 14 nitrogen and oxygen atoms in total. The minimum Gasteiger partial charge on any atom is -0.384 e. The van der Waals surface area contributed by atoms with Crippen LogP contribution in [0.3, 0.4) is 0 Å². The fourth-order valence-corrected chi connectivity index (χ4v) is 2.66. The van der Waals surface area contributed by atoms with Gasteiger partial charge in [0.1, 0.15) is 6.29 Å². The van der Waals surface area contributed by atoms with Gasteiger partial charge in [0.25, 0.3) is 0 Å². The largest absolute Gasteiger partial charge is 0.384 e. The summed E-state index contributed by atoms with van der Waals surface area (Å²) in [5.41, 5.74) is 16.0. The lowest BCUT2D eigenvalue weighted by atomic mass is 10.1. The van der Waals surface area contributed by atoms with Crippen molar-refractivity contribution in [3.63, 3.8) is 0 Å². The van der Waals surface area contributed by atoms with Crippen molar-refractivity contribution in [2.45, 2.75) is 91.4 Å². The number of rotatable bonds is 22. The minimum atomic E-state index is 0.123. The van der Waals surface area contributed by atoms with Gasteiger partial charge in [-0.1, -0.05) is 27.7 Å². The molecule has 14 heteroatoms. The molecule has 2 amide bonds. The molecule has 282 valence electrons. The number of methoxy groups -OCH3 is 6. The van der Waals surface area contributed by atoms with E-state index in [-0.39, 0.29) is 24.2 Å². The van der Waals surface area contributed by atoms with Crippen LogP contribution in [0.15, 0.2) is 0 Å². The van der Waals surface area contributed by atoms with Crippen LogP contribution in [0.2, 0.25) is 0 Å². The molecule has 0 rings (SSSR count). The predicted molar refractivity (Wildman–Crippen MR) is 188 cm³/mol. The zero-order valence-electron chi connectivity index (χ0n) is 31.4. The molecule has 0 aliphatic carbocycles. The standard InChI is InChI=1S/C7H14O2.C6H13NO2.C5H11NO2.2C5H13NO.C4H11NO/c1-7(6-9-2)4-3-5-8;1-3-6(4-9-2)7-5-8;1-5(3-8-2)6-4-7;1-5(3-6)4-7-2;1-3-5(6)4-7-2;1-4(5)3-6-2/h5,7H,3-4,6H2,1-2H3;5-6H,3-4H2,1-2H3,(H,7,8);4-5H,3H2,1-2H3,(H,6,7);2*5H,3-4,6H2,1-2H3;4H,3,5H2,1-2H3. The van der Waals surface area contributed by atoms with Gasteiger partial charge in [0.05, 0.1) is 32.5 Å². The Labute approximate surface area is 281 Å². The molecular weight excluding hydrogens is 598 g/mol. The van der Waals surface area contributed by atoms with Crippen LogP contribution < -0.4 is 27.8 Å². The number of nitrogens with two attached hydrogens (primary N) is 3. The lowest BCUT2D eigenvalue weighted by molar-refractivity contribution is -0.111.